The number of rotatable bonds is 9. The van der Waals surface area contributed by atoms with Gasteiger partial charge < -0.3 is 14.8 Å². The fourth-order valence-electron chi connectivity index (χ4n) is 3.18. The number of esters is 2. The first-order valence-electron chi connectivity index (χ1n) is 10.1. The molecule has 168 valence electrons. The molecule has 6 nitrogen and oxygen atoms in total. The SMILES string of the molecule is COC(=O)[C@@H](C)C[C@H](CC(=O)OC(C)(C)C)C(=O)NC(C)(C)Cc1ccc(F)cc1. The van der Waals surface area contributed by atoms with Crippen LogP contribution in [-0.2, 0) is 30.3 Å². The standard InChI is InChI=1S/C23H34FNO5/c1-15(21(28)29-7)12-17(13-19(26)30-22(2,3)4)20(27)25-23(5,6)14-16-8-10-18(24)11-9-16/h8-11,15,17H,12-14H2,1-7H3,(H,25,27)/t15-,17+/m0/s1. The Labute approximate surface area is 178 Å². The molecular formula is C23H34FNO5. The van der Waals surface area contributed by atoms with E-state index >= 15 is 0 Å². The van der Waals surface area contributed by atoms with Crippen molar-refractivity contribution in [3.05, 3.63) is 35.6 Å². The van der Waals surface area contributed by atoms with Crippen molar-refractivity contribution in [2.24, 2.45) is 11.8 Å². The van der Waals surface area contributed by atoms with E-state index in [4.69, 9.17) is 9.47 Å². The Morgan fingerprint density at radius 2 is 1.63 bits per heavy atom. The second-order valence-corrected chi connectivity index (χ2v) is 9.32. The van der Waals surface area contributed by atoms with Gasteiger partial charge in [-0.25, -0.2) is 4.39 Å². The number of carbonyl (C=O) groups excluding carboxylic acids is 3. The van der Waals surface area contributed by atoms with Crippen molar-refractivity contribution < 1.29 is 28.2 Å². The Morgan fingerprint density at radius 1 is 1.07 bits per heavy atom. The Hall–Kier alpha value is -2.44. The maximum atomic E-state index is 13.1. The molecule has 0 spiro atoms. The molecule has 0 aliphatic rings. The quantitative estimate of drug-likeness (QED) is 0.611. The van der Waals surface area contributed by atoms with E-state index in [0.29, 0.717) is 6.42 Å². The maximum absolute atomic E-state index is 13.1. The van der Waals surface area contributed by atoms with Gasteiger partial charge in [-0.2, -0.15) is 0 Å². The predicted molar refractivity (Wildman–Crippen MR) is 112 cm³/mol. The molecule has 30 heavy (non-hydrogen) atoms. The zero-order valence-corrected chi connectivity index (χ0v) is 19.0. The number of carbonyl (C=O) groups is 3. The zero-order chi connectivity index (χ0) is 23.1. The van der Waals surface area contributed by atoms with Crippen molar-refractivity contribution in [2.45, 2.75) is 71.9 Å². The van der Waals surface area contributed by atoms with Crippen LogP contribution < -0.4 is 5.32 Å². The van der Waals surface area contributed by atoms with Crippen LogP contribution in [0.2, 0.25) is 0 Å². The molecule has 1 aromatic rings. The van der Waals surface area contributed by atoms with Crippen LogP contribution in [-0.4, -0.2) is 36.1 Å². The number of hydrogen-bond donors (Lipinski definition) is 1. The highest BCUT2D eigenvalue weighted by Gasteiger charge is 2.32. The number of amides is 1. The third-order valence-electron chi connectivity index (χ3n) is 4.47. The molecule has 1 amide bonds. The summed E-state index contributed by atoms with van der Waals surface area (Å²) in [5.41, 5.74) is -0.447. The van der Waals surface area contributed by atoms with Gasteiger partial charge in [0.05, 0.1) is 19.4 Å². The topological polar surface area (TPSA) is 81.7 Å². The average Bonchev–Trinajstić information content (AvgIpc) is 2.60. The van der Waals surface area contributed by atoms with Crippen LogP contribution >= 0.6 is 0 Å². The van der Waals surface area contributed by atoms with Gasteiger partial charge in [0, 0.05) is 11.5 Å². The average molecular weight is 424 g/mol. The summed E-state index contributed by atoms with van der Waals surface area (Å²) in [7, 11) is 1.29. The zero-order valence-electron chi connectivity index (χ0n) is 19.0. The van der Waals surface area contributed by atoms with E-state index < -0.39 is 34.9 Å². The number of nitrogens with one attached hydrogen (secondary N) is 1. The molecule has 7 heteroatoms. The van der Waals surface area contributed by atoms with Crippen molar-refractivity contribution in [3.8, 4) is 0 Å². The smallest absolute Gasteiger partial charge is 0.308 e. The first-order valence-corrected chi connectivity index (χ1v) is 10.1. The van der Waals surface area contributed by atoms with Gasteiger partial charge in [-0.05, 0) is 65.2 Å². The largest absolute Gasteiger partial charge is 0.469 e. The molecule has 0 fully saturated rings. The van der Waals surface area contributed by atoms with Gasteiger partial charge >= 0.3 is 11.9 Å². The van der Waals surface area contributed by atoms with E-state index in [-0.39, 0.29) is 24.6 Å². The molecule has 1 rings (SSSR count). The first kappa shape index (κ1) is 25.6. The van der Waals surface area contributed by atoms with Crippen LogP contribution in [0, 0.1) is 17.7 Å². The molecule has 2 atom stereocenters. The van der Waals surface area contributed by atoms with Crippen LogP contribution in [0.3, 0.4) is 0 Å². The molecular weight excluding hydrogens is 389 g/mol. The Bertz CT molecular complexity index is 737. The monoisotopic (exact) mass is 423 g/mol. The molecule has 1 N–H and O–H groups in total. The van der Waals surface area contributed by atoms with Crippen LogP contribution in [0.1, 0.15) is 59.9 Å². The van der Waals surface area contributed by atoms with Crippen molar-refractivity contribution in [2.75, 3.05) is 7.11 Å². The fraction of sp³-hybridized carbons (Fsp3) is 0.609. The maximum Gasteiger partial charge on any atom is 0.308 e. The number of halogens is 1. The van der Waals surface area contributed by atoms with Crippen molar-refractivity contribution in [3.63, 3.8) is 0 Å². The number of hydrogen-bond acceptors (Lipinski definition) is 5. The summed E-state index contributed by atoms with van der Waals surface area (Å²) in [6, 6.07) is 6.08. The first-order chi connectivity index (χ1) is 13.7. The second-order valence-electron chi connectivity index (χ2n) is 9.32. The normalized spacial score (nSPS) is 13.9. The molecule has 1 aromatic carbocycles. The Balaban J connectivity index is 2.91. The Morgan fingerprint density at radius 3 is 2.13 bits per heavy atom. The van der Waals surface area contributed by atoms with Gasteiger partial charge in [0.25, 0.3) is 0 Å². The lowest BCUT2D eigenvalue weighted by molar-refractivity contribution is -0.158. The highest BCUT2D eigenvalue weighted by atomic mass is 19.1. The van der Waals surface area contributed by atoms with E-state index in [1.807, 2.05) is 13.8 Å². The minimum Gasteiger partial charge on any atom is -0.469 e. The second kappa shape index (κ2) is 10.5. The van der Waals surface area contributed by atoms with Gasteiger partial charge in [-0.1, -0.05) is 19.1 Å². The summed E-state index contributed by atoms with van der Waals surface area (Å²) in [4.78, 5) is 37.2. The number of benzene rings is 1. The number of ether oxygens (including phenoxy) is 2. The minimum atomic E-state index is -0.749. The summed E-state index contributed by atoms with van der Waals surface area (Å²) in [6.45, 7) is 10.6. The third-order valence-corrected chi connectivity index (χ3v) is 4.47. The lowest BCUT2D eigenvalue weighted by Crippen LogP contribution is -2.48. The van der Waals surface area contributed by atoms with E-state index in [9.17, 15) is 18.8 Å². The van der Waals surface area contributed by atoms with Crippen LogP contribution in [0.15, 0.2) is 24.3 Å². The molecule has 0 heterocycles. The summed E-state index contributed by atoms with van der Waals surface area (Å²) < 4.78 is 23.2. The van der Waals surface area contributed by atoms with Crippen LogP contribution in [0.4, 0.5) is 4.39 Å². The highest BCUT2D eigenvalue weighted by molar-refractivity contribution is 5.85. The van der Waals surface area contributed by atoms with Gasteiger partial charge in [0.1, 0.15) is 11.4 Å². The minimum absolute atomic E-state index is 0.142. The van der Waals surface area contributed by atoms with Crippen molar-refractivity contribution in [1.29, 1.82) is 0 Å². The van der Waals surface area contributed by atoms with Gasteiger partial charge in [-0.15, -0.1) is 0 Å². The van der Waals surface area contributed by atoms with Gasteiger partial charge in [-0.3, -0.25) is 14.4 Å². The number of methoxy groups -OCH3 is 1. The highest BCUT2D eigenvalue weighted by Crippen LogP contribution is 2.22. The van der Waals surface area contributed by atoms with Gasteiger partial charge in [0.15, 0.2) is 0 Å². The van der Waals surface area contributed by atoms with Crippen LogP contribution in [0.5, 0.6) is 0 Å². The predicted octanol–water partition coefficient (Wildman–Crippen LogP) is 3.81. The molecule has 0 aliphatic carbocycles. The molecule has 0 aliphatic heterocycles. The van der Waals surface area contributed by atoms with Crippen molar-refractivity contribution in [1.82, 2.24) is 5.32 Å². The summed E-state index contributed by atoms with van der Waals surface area (Å²) >= 11 is 0. The van der Waals surface area contributed by atoms with E-state index in [0.717, 1.165) is 5.56 Å². The molecule has 0 saturated heterocycles. The molecule has 0 unspecified atom stereocenters. The van der Waals surface area contributed by atoms with E-state index in [1.54, 1.807) is 39.8 Å². The summed E-state index contributed by atoms with van der Waals surface area (Å²) in [5, 5.41) is 2.96. The third kappa shape index (κ3) is 9.37. The van der Waals surface area contributed by atoms with Gasteiger partial charge in [0.2, 0.25) is 5.91 Å². The lowest BCUT2D eigenvalue weighted by atomic mass is 9.89. The van der Waals surface area contributed by atoms with Crippen molar-refractivity contribution >= 4 is 17.8 Å². The van der Waals surface area contributed by atoms with E-state index in [2.05, 4.69) is 5.32 Å². The molecule has 0 radical (unpaired) electrons. The molecule has 0 aromatic heterocycles. The summed E-state index contributed by atoms with van der Waals surface area (Å²) in [5.74, 6) is -2.91. The van der Waals surface area contributed by atoms with Crippen LogP contribution in [0.25, 0.3) is 0 Å². The summed E-state index contributed by atoms with van der Waals surface area (Å²) in [6.07, 6.45) is 0.492. The van der Waals surface area contributed by atoms with E-state index in [1.165, 1.54) is 19.2 Å². The Kier molecular flexibility index (Phi) is 9.00. The molecule has 0 saturated carbocycles. The fourth-order valence-corrected chi connectivity index (χ4v) is 3.18. The molecule has 0 bridgehead atoms. The lowest BCUT2D eigenvalue weighted by Gasteiger charge is -2.30.